The van der Waals surface area contributed by atoms with E-state index >= 15 is 0 Å². The van der Waals surface area contributed by atoms with Crippen molar-refractivity contribution >= 4 is 0 Å². The van der Waals surface area contributed by atoms with E-state index in [2.05, 4.69) is 43.8 Å². The molecule has 0 aromatic heterocycles. The lowest BCUT2D eigenvalue weighted by Gasteiger charge is -2.43. The Morgan fingerprint density at radius 2 is 1.94 bits per heavy atom. The molecule has 3 rings (SSSR count). The first-order chi connectivity index (χ1) is 8.74. The summed E-state index contributed by atoms with van der Waals surface area (Å²) in [7, 11) is 0. The standard InChI is InChI=1S/C17H22O/c1-12-8-9-15-13(2)11-16(18-17(15)10-12)14-6-4-3-5-7-14/h3-7,12,15-17H,2,8-11H2,1H3/t12-,15-,16+,17-/m1/s1. The van der Waals surface area contributed by atoms with Gasteiger partial charge in [0.15, 0.2) is 0 Å². The van der Waals surface area contributed by atoms with Crippen molar-refractivity contribution in [1.82, 2.24) is 0 Å². The molecule has 2 fully saturated rings. The van der Waals surface area contributed by atoms with Crippen molar-refractivity contribution in [2.75, 3.05) is 0 Å². The number of fused-ring (bicyclic) bond motifs is 1. The van der Waals surface area contributed by atoms with E-state index in [-0.39, 0.29) is 6.10 Å². The summed E-state index contributed by atoms with van der Waals surface area (Å²) in [5, 5.41) is 0. The molecule has 1 heteroatoms. The molecule has 0 N–H and O–H groups in total. The maximum absolute atomic E-state index is 6.36. The Morgan fingerprint density at radius 1 is 1.17 bits per heavy atom. The zero-order valence-corrected chi connectivity index (χ0v) is 11.1. The van der Waals surface area contributed by atoms with Crippen molar-refractivity contribution < 1.29 is 4.74 Å². The summed E-state index contributed by atoms with van der Waals surface area (Å²) in [6.07, 6.45) is 5.43. The van der Waals surface area contributed by atoms with Gasteiger partial charge in [-0.05, 0) is 37.2 Å². The third-order valence-corrected chi connectivity index (χ3v) is 4.54. The average Bonchev–Trinajstić information content (AvgIpc) is 2.39. The molecule has 1 nitrogen and oxygen atoms in total. The first-order valence-corrected chi connectivity index (χ1v) is 7.12. The van der Waals surface area contributed by atoms with Crippen molar-refractivity contribution in [2.45, 2.75) is 44.8 Å². The predicted molar refractivity (Wildman–Crippen MR) is 74.3 cm³/mol. The lowest BCUT2D eigenvalue weighted by atomic mass is 9.74. The fourth-order valence-corrected chi connectivity index (χ4v) is 3.46. The second-order valence-corrected chi connectivity index (χ2v) is 5.96. The number of benzene rings is 1. The van der Waals surface area contributed by atoms with Gasteiger partial charge in [0, 0.05) is 5.92 Å². The van der Waals surface area contributed by atoms with Crippen LogP contribution in [0, 0.1) is 11.8 Å². The number of hydrogen-bond acceptors (Lipinski definition) is 1. The normalized spacial score (nSPS) is 36.2. The van der Waals surface area contributed by atoms with E-state index in [1.54, 1.807) is 0 Å². The smallest absolute Gasteiger partial charge is 0.0866 e. The highest BCUT2D eigenvalue weighted by Gasteiger charge is 2.37. The van der Waals surface area contributed by atoms with Crippen LogP contribution in [0.15, 0.2) is 42.5 Å². The number of hydrogen-bond donors (Lipinski definition) is 0. The van der Waals surface area contributed by atoms with Crippen LogP contribution in [0.1, 0.15) is 44.3 Å². The van der Waals surface area contributed by atoms with Crippen LogP contribution in [0.25, 0.3) is 0 Å². The van der Waals surface area contributed by atoms with E-state index in [0.29, 0.717) is 12.0 Å². The van der Waals surface area contributed by atoms with Crippen molar-refractivity contribution in [3.63, 3.8) is 0 Å². The summed E-state index contributed by atoms with van der Waals surface area (Å²) in [4.78, 5) is 0. The largest absolute Gasteiger partial charge is 0.369 e. The van der Waals surface area contributed by atoms with Crippen LogP contribution >= 0.6 is 0 Å². The molecule has 1 saturated carbocycles. The van der Waals surface area contributed by atoms with Crippen molar-refractivity contribution in [2.24, 2.45) is 11.8 Å². The Hall–Kier alpha value is -1.08. The zero-order chi connectivity index (χ0) is 12.5. The van der Waals surface area contributed by atoms with Crippen LogP contribution in [-0.4, -0.2) is 6.10 Å². The van der Waals surface area contributed by atoms with Gasteiger partial charge in [0.2, 0.25) is 0 Å². The molecule has 96 valence electrons. The van der Waals surface area contributed by atoms with Gasteiger partial charge in [0.1, 0.15) is 0 Å². The highest BCUT2D eigenvalue weighted by Crippen LogP contribution is 2.44. The fraction of sp³-hybridized carbons (Fsp3) is 0.529. The molecule has 1 aliphatic carbocycles. The van der Waals surface area contributed by atoms with Crippen LogP contribution in [0.2, 0.25) is 0 Å². The Balaban J connectivity index is 1.78. The molecule has 1 heterocycles. The minimum atomic E-state index is 0.227. The number of rotatable bonds is 1. The quantitative estimate of drug-likeness (QED) is 0.658. The van der Waals surface area contributed by atoms with Gasteiger partial charge in [-0.2, -0.15) is 0 Å². The molecule has 18 heavy (non-hydrogen) atoms. The molecule has 0 bridgehead atoms. The van der Waals surface area contributed by atoms with E-state index in [9.17, 15) is 0 Å². The Labute approximate surface area is 110 Å². The molecule has 1 saturated heterocycles. The maximum atomic E-state index is 6.36. The summed E-state index contributed by atoms with van der Waals surface area (Å²) in [5.74, 6) is 1.41. The third kappa shape index (κ3) is 2.24. The summed E-state index contributed by atoms with van der Waals surface area (Å²) in [5.41, 5.74) is 2.71. The van der Waals surface area contributed by atoms with Gasteiger partial charge in [-0.25, -0.2) is 0 Å². The predicted octanol–water partition coefficient (Wildman–Crippen LogP) is 4.51. The SMILES string of the molecule is C=C1C[C@@H](c2ccccc2)O[C@@H]2C[C@H](C)CC[C@H]12. The van der Waals surface area contributed by atoms with Gasteiger partial charge >= 0.3 is 0 Å². The van der Waals surface area contributed by atoms with Gasteiger partial charge < -0.3 is 4.74 Å². The van der Waals surface area contributed by atoms with Crippen molar-refractivity contribution in [1.29, 1.82) is 0 Å². The first-order valence-electron chi connectivity index (χ1n) is 7.12. The molecular formula is C17H22O. The molecule has 0 amide bonds. The third-order valence-electron chi connectivity index (χ3n) is 4.54. The topological polar surface area (TPSA) is 9.23 Å². The van der Waals surface area contributed by atoms with Gasteiger partial charge in [0.25, 0.3) is 0 Å². The molecule has 1 aromatic rings. The molecule has 0 radical (unpaired) electrons. The minimum Gasteiger partial charge on any atom is -0.369 e. The summed E-state index contributed by atoms with van der Waals surface area (Å²) >= 11 is 0. The van der Waals surface area contributed by atoms with E-state index in [4.69, 9.17) is 4.74 Å². The summed E-state index contributed by atoms with van der Waals surface area (Å²) in [6, 6.07) is 10.6. The molecule has 4 atom stereocenters. The number of ether oxygens (including phenoxy) is 1. The van der Waals surface area contributed by atoms with Gasteiger partial charge in [-0.15, -0.1) is 0 Å². The monoisotopic (exact) mass is 242 g/mol. The Morgan fingerprint density at radius 3 is 2.72 bits per heavy atom. The molecule has 0 spiro atoms. The Kier molecular flexibility index (Phi) is 3.25. The second kappa shape index (κ2) is 4.89. The van der Waals surface area contributed by atoms with Gasteiger partial charge in [-0.3, -0.25) is 0 Å². The molecule has 1 aromatic carbocycles. The molecule has 2 aliphatic rings. The van der Waals surface area contributed by atoms with Crippen molar-refractivity contribution in [3.8, 4) is 0 Å². The molecule has 0 unspecified atom stereocenters. The fourth-order valence-electron chi connectivity index (χ4n) is 3.46. The van der Waals surface area contributed by atoms with E-state index in [0.717, 1.165) is 12.3 Å². The van der Waals surface area contributed by atoms with Gasteiger partial charge in [0.05, 0.1) is 12.2 Å². The lowest BCUT2D eigenvalue weighted by molar-refractivity contribution is -0.0857. The average molecular weight is 242 g/mol. The molecule has 1 aliphatic heterocycles. The van der Waals surface area contributed by atoms with E-state index in [1.165, 1.54) is 30.4 Å². The lowest BCUT2D eigenvalue weighted by Crippen LogP contribution is -2.37. The molecular weight excluding hydrogens is 220 g/mol. The van der Waals surface area contributed by atoms with Crippen LogP contribution in [0.5, 0.6) is 0 Å². The second-order valence-electron chi connectivity index (χ2n) is 5.96. The Bertz CT molecular complexity index is 422. The van der Waals surface area contributed by atoms with Crippen molar-refractivity contribution in [3.05, 3.63) is 48.0 Å². The first kappa shape index (κ1) is 12.0. The van der Waals surface area contributed by atoms with Crippen LogP contribution in [-0.2, 0) is 4.74 Å². The van der Waals surface area contributed by atoms with Crippen LogP contribution in [0.3, 0.4) is 0 Å². The summed E-state index contributed by atoms with van der Waals surface area (Å²) in [6.45, 7) is 6.66. The maximum Gasteiger partial charge on any atom is 0.0866 e. The summed E-state index contributed by atoms with van der Waals surface area (Å²) < 4.78 is 6.36. The van der Waals surface area contributed by atoms with Crippen LogP contribution < -0.4 is 0 Å². The van der Waals surface area contributed by atoms with Crippen LogP contribution in [0.4, 0.5) is 0 Å². The highest BCUT2D eigenvalue weighted by atomic mass is 16.5. The van der Waals surface area contributed by atoms with Gasteiger partial charge in [-0.1, -0.05) is 49.4 Å². The van der Waals surface area contributed by atoms with E-state index in [1.807, 2.05) is 0 Å². The highest BCUT2D eigenvalue weighted by molar-refractivity contribution is 5.22. The zero-order valence-electron chi connectivity index (χ0n) is 11.1. The van der Waals surface area contributed by atoms with E-state index < -0.39 is 0 Å². The minimum absolute atomic E-state index is 0.227.